The standard InChI is InChI=1S/C41H54O8/c1-31(2)38(43)46-27-11-7-5-9-13-33-15-19-36(20-16-33)48-30-41(29-42)25-23-35(24-26-41)40(45)49-37-21-17-34(18-22-37)14-10-6-8-12-28-47-39(44)32(3)4/h15-22,29,35H,1,3,5-14,23-28,30H2,2,4H3. The van der Waals surface area contributed by atoms with E-state index >= 15 is 0 Å². The lowest BCUT2D eigenvalue weighted by molar-refractivity contribution is -0.142. The Morgan fingerprint density at radius 2 is 1.14 bits per heavy atom. The Kier molecular flexibility index (Phi) is 16.8. The van der Waals surface area contributed by atoms with E-state index in [0.29, 0.717) is 55.8 Å². The minimum atomic E-state index is -0.606. The van der Waals surface area contributed by atoms with E-state index in [1.54, 1.807) is 13.8 Å². The van der Waals surface area contributed by atoms with Crippen molar-refractivity contribution in [2.45, 2.75) is 104 Å². The van der Waals surface area contributed by atoms with E-state index in [-0.39, 0.29) is 30.4 Å². The molecule has 266 valence electrons. The molecule has 0 bridgehead atoms. The summed E-state index contributed by atoms with van der Waals surface area (Å²) in [4.78, 5) is 47.9. The molecule has 0 aliphatic heterocycles. The molecule has 2 aromatic carbocycles. The van der Waals surface area contributed by atoms with Crippen LogP contribution in [0.25, 0.3) is 0 Å². The van der Waals surface area contributed by atoms with Gasteiger partial charge in [0, 0.05) is 11.1 Å². The topological polar surface area (TPSA) is 105 Å². The Morgan fingerprint density at radius 1 is 0.694 bits per heavy atom. The Hall–Kier alpha value is -4.20. The minimum Gasteiger partial charge on any atom is -0.493 e. The zero-order valence-corrected chi connectivity index (χ0v) is 29.5. The molecule has 0 radical (unpaired) electrons. The predicted octanol–water partition coefficient (Wildman–Crippen LogP) is 8.49. The van der Waals surface area contributed by atoms with Gasteiger partial charge in [0.2, 0.25) is 0 Å². The van der Waals surface area contributed by atoms with Crippen molar-refractivity contribution >= 4 is 24.2 Å². The number of unbranched alkanes of at least 4 members (excludes halogenated alkanes) is 6. The molecule has 0 N–H and O–H groups in total. The molecule has 1 aliphatic rings. The maximum absolute atomic E-state index is 12.9. The summed E-state index contributed by atoms with van der Waals surface area (Å²) in [7, 11) is 0. The first-order valence-electron chi connectivity index (χ1n) is 17.7. The van der Waals surface area contributed by atoms with Gasteiger partial charge in [-0.3, -0.25) is 4.79 Å². The van der Waals surface area contributed by atoms with Crippen molar-refractivity contribution in [1.82, 2.24) is 0 Å². The van der Waals surface area contributed by atoms with Crippen LogP contribution in [-0.4, -0.2) is 44.0 Å². The molecule has 0 spiro atoms. The van der Waals surface area contributed by atoms with Crippen LogP contribution >= 0.6 is 0 Å². The van der Waals surface area contributed by atoms with Crippen molar-refractivity contribution in [3.63, 3.8) is 0 Å². The van der Waals surface area contributed by atoms with Gasteiger partial charge < -0.3 is 23.7 Å². The zero-order valence-electron chi connectivity index (χ0n) is 29.5. The number of hydrogen-bond donors (Lipinski definition) is 0. The second-order valence-corrected chi connectivity index (χ2v) is 13.4. The van der Waals surface area contributed by atoms with Crippen LogP contribution < -0.4 is 9.47 Å². The van der Waals surface area contributed by atoms with Gasteiger partial charge >= 0.3 is 17.9 Å². The molecule has 1 saturated carbocycles. The molecular weight excluding hydrogens is 620 g/mol. The SMILES string of the molecule is C=C(C)C(=O)OCCCCCCc1ccc(OCC2(C=O)CCC(C(=O)Oc3ccc(CCCCCCOC(=O)C(=C)C)cc3)CC2)cc1. The van der Waals surface area contributed by atoms with Crippen LogP contribution in [0.5, 0.6) is 11.5 Å². The van der Waals surface area contributed by atoms with E-state index in [4.69, 9.17) is 18.9 Å². The van der Waals surface area contributed by atoms with E-state index < -0.39 is 5.41 Å². The Balaban J connectivity index is 1.30. The fraction of sp³-hybridized carbons (Fsp3) is 0.512. The highest BCUT2D eigenvalue weighted by molar-refractivity contribution is 5.87. The minimum absolute atomic E-state index is 0.243. The maximum atomic E-state index is 12.9. The summed E-state index contributed by atoms with van der Waals surface area (Å²) in [5.74, 6) is 0.116. The average molecular weight is 675 g/mol. The highest BCUT2D eigenvalue weighted by atomic mass is 16.5. The molecule has 3 rings (SSSR count). The van der Waals surface area contributed by atoms with Crippen LogP contribution in [0.1, 0.15) is 102 Å². The third-order valence-corrected chi connectivity index (χ3v) is 9.04. The van der Waals surface area contributed by atoms with Gasteiger partial charge in [-0.25, -0.2) is 9.59 Å². The summed E-state index contributed by atoms with van der Waals surface area (Å²) in [5.41, 5.74) is 2.66. The van der Waals surface area contributed by atoms with Crippen molar-refractivity contribution in [2.75, 3.05) is 19.8 Å². The summed E-state index contributed by atoms with van der Waals surface area (Å²) >= 11 is 0. The van der Waals surface area contributed by atoms with Gasteiger partial charge in [0.15, 0.2) is 0 Å². The first kappa shape index (κ1) is 39.2. The van der Waals surface area contributed by atoms with Gasteiger partial charge in [0.1, 0.15) is 24.4 Å². The van der Waals surface area contributed by atoms with Crippen LogP contribution in [0.4, 0.5) is 0 Å². The Morgan fingerprint density at radius 3 is 1.59 bits per heavy atom. The molecule has 0 atom stereocenters. The predicted molar refractivity (Wildman–Crippen MR) is 190 cm³/mol. The number of carbonyl (C=O) groups is 4. The number of ether oxygens (including phenoxy) is 4. The van der Waals surface area contributed by atoms with Crippen LogP contribution in [0, 0.1) is 11.3 Å². The first-order chi connectivity index (χ1) is 23.6. The van der Waals surface area contributed by atoms with E-state index in [0.717, 1.165) is 76.2 Å². The third kappa shape index (κ3) is 14.4. The second kappa shape index (κ2) is 21.0. The number of esters is 3. The van der Waals surface area contributed by atoms with Gasteiger partial charge in [-0.05, 0) is 113 Å². The highest BCUT2D eigenvalue weighted by Gasteiger charge is 2.39. The molecule has 8 heteroatoms. The molecule has 0 saturated heterocycles. The molecule has 1 fully saturated rings. The van der Waals surface area contributed by atoms with Crippen molar-refractivity contribution in [3.8, 4) is 11.5 Å². The number of aldehydes is 1. The van der Waals surface area contributed by atoms with Crippen molar-refractivity contribution in [3.05, 3.63) is 84.0 Å². The highest BCUT2D eigenvalue weighted by Crippen LogP contribution is 2.38. The van der Waals surface area contributed by atoms with Gasteiger partial charge in [0.05, 0.1) is 24.5 Å². The summed E-state index contributed by atoms with van der Waals surface area (Å²) < 4.78 is 22.0. The van der Waals surface area contributed by atoms with Crippen molar-refractivity contribution in [2.24, 2.45) is 11.3 Å². The summed E-state index contributed by atoms with van der Waals surface area (Å²) in [6.07, 6.45) is 13.1. The average Bonchev–Trinajstić information content (AvgIpc) is 3.11. The van der Waals surface area contributed by atoms with E-state index in [2.05, 4.69) is 25.3 Å². The lowest BCUT2D eigenvalue weighted by atomic mass is 9.72. The number of carbonyl (C=O) groups excluding carboxylic acids is 4. The van der Waals surface area contributed by atoms with Gasteiger partial charge in [-0.15, -0.1) is 0 Å². The van der Waals surface area contributed by atoms with Crippen molar-refractivity contribution < 1.29 is 38.1 Å². The summed E-state index contributed by atoms with van der Waals surface area (Å²) in [5, 5.41) is 0. The monoisotopic (exact) mass is 674 g/mol. The van der Waals surface area contributed by atoms with Gasteiger partial charge in [-0.1, -0.05) is 63.1 Å². The summed E-state index contributed by atoms with van der Waals surface area (Å²) in [6, 6.07) is 15.7. The van der Waals surface area contributed by atoms with Crippen molar-refractivity contribution in [1.29, 1.82) is 0 Å². The molecule has 0 amide bonds. The van der Waals surface area contributed by atoms with Crippen LogP contribution in [0.2, 0.25) is 0 Å². The number of benzene rings is 2. The smallest absolute Gasteiger partial charge is 0.333 e. The Labute approximate surface area is 292 Å². The third-order valence-electron chi connectivity index (χ3n) is 9.04. The largest absolute Gasteiger partial charge is 0.493 e. The molecule has 0 aromatic heterocycles. The molecular formula is C41H54O8. The second-order valence-electron chi connectivity index (χ2n) is 13.4. The quantitative estimate of drug-likeness (QED) is 0.0403. The molecule has 1 aliphatic carbocycles. The van der Waals surface area contributed by atoms with E-state index in [9.17, 15) is 19.2 Å². The fourth-order valence-corrected chi connectivity index (χ4v) is 5.77. The van der Waals surface area contributed by atoms with E-state index in [1.807, 2.05) is 36.4 Å². The molecule has 8 nitrogen and oxygen atoms in total. The van der Waals surface area contributed by atoms with Gasteiger partial charge in [0.25, 0.3) is 0 Å². The fourth-order valence-electron chi connectivity index (χ4n) is 5.77. The maximum Gasteiger partial charge on any atom is 0.333 e. The molecule has 0 unspecified atom stereocenters. The van der Waals surface area contributed by atoms with Crippen LogP contribution in [0.3, 0.4) is 0 Å². The zero-order chi connectivity index (χ0) is 35.5. The summed E-state index contributed by atoms with van der Waals surface area (Å²) in [6.45, 7) is 11.6. The molecule has 49 heavy (non-hydrogen) atoms. The molecule has 0 heterocycles. The number of hydrogen-bond acceptors (Lipinski definition) is 8. The van der Waals surface area contributed by atoms with Crippen LogP contribution in [-0.2, 0) is 41.5 Å². The Bertz CT molecular complexity index is 1370. The van der Waals surface area contributed by atoms with Crippen LogP contribution in [0.15, 0.2) is 72.8 Å². The van der Waals surface area contributed by atoms with Gasteiger partial charge in [-0.2, -0.15) is 0 Å². The number of rotatable bonds is 22. The lowest BCUT2D eigenvalue weighted by Crippen LogP contribution is -2.37. The first-order valence-corrected chi connectivity index (χ1v) is 17.7. The number of aryl methyl sites for hydroxylation is 2. The molecule has 2 aromatic rings. The van der Waals surface area contributed by atoms with E-state index in [1.165, 1.54) is 11.1 Å². The lowest BCUT2D eigenvalue weighted by Gasteiger charge is -2.34. The normalized spacial score (nSPS) is 17.1.